The summed E-state index contributed by atoms with van der Waals surface area (Å²) in [5.41, 5.74) is 3.90. The lowest BCUT2D eigenvalue weighted by Gasteiger charge is -2.24. The van der Waals surface area contributed by atoms with Gasteiger partial charge in [0.05, 0.1) is 0 Å². The number of fused-ring (bicyclic) bond motifs is 1. The van der Waals surface area contributed by atoms with Crippen LogP contribution in [-0.2, 0) is 6.42 Å². The first-order chi connectivity index (χ1) is 18.7. The number of carbonyl (C=O) groups excluding carboxylic acids is 1. The van der Waals surface area contributed by atoms with Crippen LogP contribution in [0.25, 0.3) is 22.4 Å². The van der Waals surface area contributed by atoms with Crippen molar-refractivity contribution in [2.24, 2.45) is 0 Å². The Hall–Kier alpha value is -4.23. The molecule has 7 nitrogen and oxygen atoms in total. The molecule has 1 amide bonds. The molecule has 190 valence electrons. The first-order valence-corrected chi connectivity index (χ1v) is 13.1. The third-order valence-corrected chi connectivity index (χ3v) is 7.04. The lowest BCUT2D eigenvalue weighted by atomic mass is 10.1. The maximum absolute atomic E-state index is 13.2. The van der Waals surface area contributed by atoms with Crippen LogP contribution in [0.5, 0.6) is 0 Å². The minimum Gasteiger partial charge on any atom is -0.354 e. The van der Waals surface area contributed by atoms with Gasteiger partial charge in [-0.2, -0.15) is 4.98 Å². The highest BCUT2D eigenvalue weighted by Crippen LogP contribution is 2.34. The zero-order valence-corrected chi connectivity index (χ0v) is 21.5. The number of halogens is 1. The van der Waals surface area contributed by atoms with Crippen LogP contribution in [0.2, 0.25) is 5.02 Å². The van der Waals surface area contributed by atoms with Crippen molar-refractivity contribution in [3.05, 3.63) is 107 Å². The lowest BCUT2D eigenvalue weighted by molar-refractivity contribution is 0.0767. The molecule has 3 aromatic carbocycles. The summed E-state index contributed by atoms with van der Waals surface area (Å²) in [5, 5.41) is 5.82. The summed E-state index contributed by atoms with van der Waals surface area (Å²) < 4.78 is 5.77. The van der Waals surface area contributed by atoms with Crippen molar-refractivity contribution in [1.29, 1.82) is 0 Å². The van der Waals surface area contributed by atoms with E-state index in [1.54, 1.807) is 24.3 Å². The summed E-state index contributed by atoms with van der Waals surface area (Å²) in [4.78, 5) is 27.1. The number of benzene rings is 3. The zero-order chi connectivity index (χ0) is 25.9. The smallest absolute Gasteiger partial charge is 0.263 e. The van der Waals surface area contributed by atoms with Gasteiger partial charge in [-0.1, -0.05) is 77.4 Å². The van der Waals surface area contributed by atoms with E-state index in [1.165, 1.54) is 0 Å². The first kappa shape index (κ1) is 24.1. The van der Waals surface area contributed by atoms with Gasteiger partial charge in [-0.05, 0) is 36.2 Å². The molecule has 0 atom stereocenters. The number of hydrogen-bond acceptors (Lipinski definition) is 6. The van der Waals surface area contributed by atoms with E-state index in [-0.39, 0.29) is 5.91 Å². The first-order valence-electron chi connectivity index (χ1n) is 12.7. The van der Waals surface area contributed by atoms with Crippen molar-refractivity contribution in [1.82, 2.24) is 20.0 Å². The molecule has 1 aliphatic rings. The molecular weight excluding hydrogens is 498 g/mol. The van der Waals surface area contributed by atoms with Crippen molar-refractivity contribution in [2.75, 3.05) is 31.1 Å². The van der Waals surface area contributed by atoms with Crippen LogP contribution >= 0.6 is 11.6 Å². The van der Waals surface area contributed by atoms with Crippen molar-refractivity contribution in [2.45, 2.75) is 12.8 Å². The Bertz CT molecular complexity index is 1550. The van der Waals surface area contributed by atoms with E-state index >= 15 is 0 Å². The van der Waals surface area contributed by atoms with Gasteiger partial charge in [-0.25, -0.2) is 4.98 Å². The number of carbonyl (C=O) groups is 1. The predicted molar refractivity (Wildman–Crippen MR) is 148 cm³/mol. The molecule has 38 heavy (non-hydrogen) atoms. The van der Waals surface area contributed by atoms with Crippen LogP contribution in [0.3, 0.4) is 0 Å². The Morgan fingerprint density at radius 3 is 2.34 bits per heavy atom. The number of aromatic nitrogens is 3. The van der Waals surface area contributed by atoms with Gasteiger partial charge in [0.2, 0.25) is 0 Å². The number of hydrogen-bond donors (Lipinski definition) is 0. The molecule has 0 aliphatic carbocycles. The van der Waals surface area contributed by atoms with Gasteiger partial charge in [0, 0.05) is 48.7 Å². The van der Waals surface area contributed by atoms with E-state index in [1.807, 2.05) is 53.4 Å². The number of nitrogens with zero attached hydrogens (tertiary/aromatic N) is 5. The Kier molecular flexibility index (Phi) is 6.75. The summed E-state index contributed by atoms with van der Waals surface area (Å²) >= 11 is 6.02. The SMILES string of the molecule is O=C(c1ccc(Cl)cc1)N1CCCN(c2nc(Cc3ccccc3)nc3onc(-c4ccccc4)c23)CC1. The fraction of sp³-hybridized carbons (Fsp3) is 0.200. The molecule has 2 aromatic heterocycles. The monoisotopic (exact) mass is 523 g/mol. The molecule has 0 spiro atoms. The summed E-state index contributed by atoms with van der Waals surface area (Å²) in [6.07, 6.45) is 1.39. The number of anilines is 1. The molecule has 0 radical (unpaired) electrons. The second kappa shape index (κ2) is 10.6. The highest BCUT2D eigenvalue weighted by Gasteiger charge is 2.26. The standard InChI is InChI=1S/C30H26ClN5O2/c31-24-14-12-23(13-15-24)30(37)36-17-7-16-35(18-19-36)28-26-27(22-10-5-2-6-11-22)34-38-29(26)33-25(32-28)20-21-8-3-1-4-9-21/h1-6,8-15H,7,16-20H2. The van der Waals surface area contributed by atoms with Crippen LogP contribution in [0.1, 0.15) is 28.2 Å². The molecule has 6 rings (SSSR count). The number of amides is 1. The van der Waals surface area contributed by atoms with E-state index in [0.717, 1.165) is 41.0 Å². The summed E-state index contributed by atoms with van der Waals surface area (Å²) in [5.74, 6) is 1.48. The quantitative estimate of drug-likeness (QED) is 0.286. The topological polar surface area (TPSA) is 75.4 Å². The van der Waals surface area contributed by atoms with E-state index < -0.39 is 0 Å². The van der Waals surface area contributed by atoms with Gasteiger partial charge >= 0.3 is 0 Å². The predicted octanol–water partition coefficient (Wildman–Crippen LogP) is 5.88. The third-order valence-electron chi connectivity index (χ3n) is 6.79. The largest absolute Gasteiger partial charge is 0.354 e. The minimum absolute atomic E-state index is 0.0103. The van der Waals surface area contributed by atoms with Crippen LogP contribution < -0.4 is 4.90 Å². The summed E-state index contributed by atoms with van der Waals surface area (Å²) in [7, 11) is 0. The van der Waals surface area contributed by atoms with Crippen molar-refractivity contribution in [3.8, 4) is 11.3 Å². The molecule has 0 N–H and O–H groups in total. The van der Waals surface area contributed by atoms with E-state index in [4.69, 9.17) is 26.1 Å². The maximum Gasteiger partial charge on any atom is 0.263 e. The highest BCUT2D eigenvalue weighted by molar-refractivity contribution is 6.30. The fourth-order valence-corrected chi connectivity index (χ4v) is 4.99. The molecule has 5 aromatic rings. The molecule has 0 unspecified atom stereocenters. The van der Waals surface area contributed by atoms with Crippen LogP contribution in [0.15, 0.2) is 89.5 Å². The normalized spacial score (nSPS) is 14.0. The van der Waals surface area contributed by atoms with E-state index in [2.05, 4.69) is 22.2 Å². The molecule has 3 heterocycles. The molecule has 1 fully saturated rings. The zero-order valence-electron chi connectivity index (χ0n) is 20.8. The second-order valence-electron chi connectivity index (χ2n) is 9.34. The molecular formula is C30H26ClN5O2. The molecule has 8 heteroatoms. The Balaban J connectivity index is 1.35. The molecule has 0 bridgehead atoms. The average Bonchev–Trinajstić information content (AvgIpc) is 3.22. The van der Waals surface area contributed by atoms with Crippen molar-refractivity contribution < 1.29 is 9.32 Å². The Morgan fingerprint density at radius 2 is 1.58 bits per heavy atom. The molecule has 1 saturated heterocycles. The highest BCUT2D eigenvalue weighted by atomic mass is 35.5. The van der Waals surface area contributed by atoms with E-state index in [0.29, 0.717) is 48.2 Å². The Morgan fingerprint density at radius 1 is 0.842 bits per heavy atom. The van der Waals surface area contributed by atoms with Crippen LogP contribution in [0, 0.1) is 0 Å². The fourth-order valence-electron chi connectivity index (χ4n) is 4.87. The average molecular weight is 524 g/mol. The van der Waals surface area contributed by atoms with Crippen LogP contribution in [0.4, 0.5) is 5.82 Å². The number of rotatable bonds is 5. The maximum atomic E-state index is 13.2. The lowest BCUT2D eigenvalue weighted by Crippen LogP contribution is -2.35. The second-order valence-corrected chi connectivity index (χ2v) is 9.78. The van der Waals surface area contributed by atoms with Gasteiger partial charge in [0.25, 0.3) is 11.6 Å². The van der Waals surface area contributed by atoms with Crippen molar-refractivity contribution in [3.63, 3.8) is 0 Å². The van der Waals surface area contributed by atoms with Crippen molar-refractivity contribution >= 4 is 34.4 Å². The van der Waals surface area contributed by atoms with Gasteiger partial charge in [0.1, 0.15) is 22.7 Å². The van der Waals surface area contributed by atoms with Gasteiger partial charge < -0.3 is 14.3 Å². The van der Waals surface area contributed by atoms with Crippen LogP contribution in [-0.4, -0.2) is 52.1 Å². The third kappa shape index (κ3) is 4.97. The molecule has 0 saturated carbocycles. The Labute approximate surface area is 225 Å². The summed E-state index contributed by atoms with van der Waals surface area (Å²) in [6.45, 7) is 2.63. The van der Waals surface area contributed by atoms with E-state index in [9.17, 15) is 4.79 Å². The van der Waals surface area contributed by atoms with Gasteiger partial charge in [0.15, 0.2) is 0 Å². The summed E-state index contributed by atoms with van der Waals surface area (Å²) in [6, 6.07) is 27.2. The molecule has 1 aliphatic heterocycles. The minimum atomic E-state index is 0.0103. The van der Waals surface area contributed by atoms with Gasteiger partial charge in [-0.15, -0.1) is 0 Å². The van der Waals surface area contributed by atoms with Gasteiger partial charge in [-0.3, -0.25) is 4.79 Å².